The molecule has 0 radical (unpaired) electrons. The second kappa shape index (κ2) is 9.54. The fourth-order valence-corrected chi connectivity index (χ4v) is 6.20. The average Bonchev–Trinajstić information content (AvgIpc) is 3.23. The predicted molar refractivity (Wildman–Crippen MR) is 142 cm³/mol. The molecule has 2 aromatic carbocycles. The van der Waals surface area contributed by atoms with Gasteiger partial charge >= 0.3 is 0 Å². The third-order valence-electron chi connectivity index (χ3n) is 6.57. The highest BCUT2D eigenvalue weighted by atomic mass is 32.1. The normalized spacial score (nSPS) is 14.8. The van der Waals surface area contributed by atoms with Gasteiger partial charge in [0.25, 0.3) is 17.4 Å². The Balaban J connectivity index is 1.69. The van der Waals surface area contributed by atoms with E-state index < -0.39 is 17.4 Å². The molecule has 2 amide bonds. The summed E-state index contributed by atoms with van der Waals surface area (Å²) in [5.74, 6) is -0.678. The molecule has 1 aliphatic carbocycles. The Morgan fingerprint density at radius 1 is 1.03 bits per heavy atom. The molecule has 2 aromatic heterocycles. The van der Waals surface area contributed by atoms with Crippen LogP contribution in [-0.2, 0) is 19.9 Å². The number of rotatable bonds is 5. The van der Waals surface area contributed by atoms with Gasteiger partial charge in [-0.1, -0.05) is 67.6 Å². The van der Waals surface area contributed by atoms with Gasteiger partial charge in [0, 0.05) is 23.1 Å². The number of fused-ring (bicyclic) bond motifs is 1. The molecule has 0 spiro atoms. The fourth-order valence-electron chi connectivity index (χ4n) is 4.79. The zero-order valence-electron chi connectivity index (χ0n) is 20.1. The summed E-state index contributed by atoms with van der Waals surface area (Å²) in [6.45, 7) is 2.17. The van der Waals surface area contributed by atoms with Gasteiger partial charge in [-0.3, -0.25) is 14.4 Å². The summed E-state index contributed by atoms with van der Waals surface area (Å²) in [5, 5.41) is 7.80. The van der Waals surface area contributed by atoms with Crippen molar-refractivity contribution in [3.63, 3.8) is 0 Å². The third kappa shape index (κ3) is 4.24. The van der Waals surface area contributed by atoms with E-state index in [0.717, 1.165) is 35.3 Å². The zero-order chi connectivity index (χ0) is 25.4. The maximum atomic E-state index is 13.8. The van der Waals surface area contributed by atoms with Crippen LogP contribution in [0.15, 0.2) is 65.5 Å². The maximum absolute atomic E-state index is 13.8. The molecule has 0 saturated carbocycles. The molecule has 36 heavy (non-hydrogen) atoms. The summed E-state index contributed by atoms with van der Waals surface area (Å²) in [6.07, 6.45) is 2.53. The first-order chi connectivity index (χ1) is 17.3. The molecule has 3 N–H and O–H groups in total. The summed E-state index contributed by atoms with van der Waals surface area (Å²) in [4.78, 5) is 40.7. The van der Waals surface area contributed by atoms with Crippen LogP contribution in [-0.4, -0.2) is 21.6 Å². The number of benzene rings is 2. The lowest BCUT2D eigenvalue weighted by Gasteiger charge is -2.18. The van der Waals surface area contributed by atoms with Crippen LogP contribution in [0.25, 0.3) is 22.4 Å². The highest BCUT2D eigenvalue weighted by Gasteiger charge is 2.30. The first-order valence-electron chi connectivity index (χ1n) is 11.8. The molecule has 0 fully saturated rings. The third-order valence-corrected chi connectivity index (χ3v) is 7.74. The number of nitrogens with two attached hydrogens (primary N) is 1. The van der Waals surface area contributed by atoms with E-state index in [-0.39, 0.29) is 5.56 Å². The number of nitrogens with zero attached hydrogens (tertiary/aromatic N) is 2. The van der Waals surface area contributed by atoms with Crippen LogP contribution in [0.3, 0.4) is 0 Å². The van der Waals surface area contributed by atoms with Crippen molar-refractivity contribution in [3.05, 3.63) is 92.6 Å². The minimum Gasteiger partial charge on any atom is -0.365 e. The highest BCUT2D eigenvalue weighted by Crippen LogP contribution is 2.40. The van der Waals surface area contributed by atoms with Gasteiger partial charge in [-0.05, 0) is 36.3 Å². The number of primary amides is 1. The number of aryl methyl sites for hydroxylation is 1. The maximum Gasteiger partial charge on any atom is 0.280 e. The van der Waals surface area contributed by atoms with Crippen LogP contribution < -0.4 is 16.6 Å². The van der Waals surface area contributed by atoms with E-state index in [1.54, 1.807) is 0 Å². The van der Waals surface area contributed by atoms with Gasteiger partial charge in [0.2, 0.25) is 0 Å². The van der Waals surface area contributed by atoms with Gasteiger partial charge in [-0.2, -0.15) is 5.10 Å². The summed E-state index contributed by atoms with van der Waals surface area (Å²) in [7, 11) is 1.53. The molecule has 182 valence electrons. The smallest absolute Gasteiger partial charge is 0.280 e. The van der Waals surface area contributed by atoms with E-state index in [0.29, 0.717) is 33.3 Å². The Labute approximate surface area is 212 Å². The van der Waals surface area contributed by atoms with E-state index in [9.17, 15) is 14.4 Å². The SMILES string of the molecule is CC1CCc2c(sc(NC(=O)c3c(-c4ccccc4)c(-c4ccccc4)nn(C)c3=O)c2C(N)=O)C1. The lowest BCUT2D eigenvalue weighted by molar-refractivity contribution is 0.1000. The molecule has 8 heteroatoms. The Bertz CT molecular complexity index is 1520. The second-order valence-electron chi connectivity index (χ2n) is 9.13. The summed E-state index contributed by atoms with van der Waals surface area (Å²) >= 11 is 1.37. The minimum absolute atomic E-state index is 0.0345. The standard InChI is InChI=1S/C28H26N4O3S/c1-16-13-14-19-20(15-16)36-27(22(19)25(29)33)30-26(34)23-21(17-9-5-3-6-10-17)24(31-32(2)28(23)35)18-11-7-4-8-12-18/h3-12,16H,13-15H2,1-2H3,(H2,29,33)(H,30,34). The van der Waals surface area contributed by atoms with Crippen LogP contribution in [0.2, 0.25) is 0 Å². The van der Waals surface area contributed by atoms with Crippen LogP contribution in [0.1, 0.15) is 44.5 Å². The van der Waals surface area contributed by atoms with Crippen LogP contribution in [0.4, 0.5) is 5.00 Å². The Morgan fingerprint density at radius 2 is 1.67 bits per heavy atom. The minimum atomic E-state index is -0.594. The van der Waals surface area contributed by atoms with Crippen molar-refractivity contribution < 1.29 is 9.59 Å². The first-order valence-corrected chi connectivity index (χ1v) is 12.6. The van der Waals surface area contributed by atoms with Crippen molar-refractivity contribution in [2.45, 2.75) is 26.2 Å². The number of amides is 2. The first kappa shape index (κ1) is 23.7. The quantitative estimate of drug-likeness (QED) is 0.418. The molecule has 7 nitrogen and oxygen atoms in total. The Kier molecular flexibility index (Phi) is 6.28. The summed E-state index contributed by atoms with van der Waals surface area (Å²) in [5.41, 5.74) is 8.89. The molecule has 0 aliphatic heterocycles. The number of aromatic nitrogens is 2. The van der Waals surface area contributed by atoms with Gasteiger partial charge < -0.3 is 11.1 Å². The molecule has 4 aromatic rings. The lowest BCUT2D eigenvalue weighted by Crippen LogP contribution is -2.31. The molecular weight excluding hydrogens is 472 g/mol. The highest BCUT2D eigenvalue weighted by molar-refractivity contribution is 7.17. The van der Waals surface area contributed by atoms with Crippen molar-refractivity contribution in [2.75, 3.05) is 5.32 Å². The summed E-state index contributed by atoms with van der Waals surface area (Å²) in [6, 6.07) is 18.7. The zero-order valence-corrected chi connectivity index (χ0v) is 20.9. The number of nitrogens with one attached hydrogen (secondary N) is 1. The molecule has 2 heterocycles. The number of thiophene rings is 1. The molecule has 0 saturated heterocycles. The van der Waals surface area contributed by atoms with Crippen molar-refractivity contribution in [1.82, 2.24) is 9.78 Å². The van der Waals surface area contributed by atoms with Gasteiger partial charge in [0.1, 0.15) is 10.6 Å². The number of anilines is 1. The number of carbonyl (C=O) groups excluding carboxylic acids is 2. The van der Waals surface area contributed by atoms with Crippen molar-refractivity contribution in [1.29, 1.82) is 0 Å². The van der Waals surface area contributed by atoms with Gasteiger partial charge in [0.05, 0.1) is 11.3 Å². The molecular formula is C28H26N4O3S. The molecule has 1 unspecified atom stereocenters. The Morgan fingerprint density at radius 3 is 2.31 bits per heavy atom. The van der Waals surface area contributed by atoms with E-state index in [2.05, 4.69) is 17.3 Å². The fraction of sp³-hybridized carbons (Fsp3) is 0.214. The predicted octanol–water partition coefficient (Wildman–Crippen LogP) is 4.65. The molecule has 0 bridgehead atoms. The molecule has 5 rings (SSSR count). The van der Waals surface area contributed by atoms with E-state index >= 15 is 0 Å². The average molecular weight is 499 g/mol. The topological polar surface area (TPSA) is 107 Å². The van der Waals surface area contributed by atoms with Crippen molar-refractivity contribution >= 4 is 28.2 Å². The van der Waals surface area contributed by atoms with E-state index in [4.69, 9.17) is 5.73 Å². The van der Waals surface area contributed by atoms with Gasteiger partial charge in [-0.25, -0.2) is 4.68 Å². The number of hydrogen-bond donors (Lipinski definition) is 2. The van der Waals surface area contributed by atoms with Crippen LogP contribution in [0, 0.1) is 5.92 Å². The van der Waals surface area contributed by atoms with Gasteiger partial charge in [-0.15, -0.1) is 11.3 Å². The van der Waals surface area contributed by atoms with E-state index in [1.807, 2.05) is 60.7 Å². The largest absolute Gasteiger partial charge is 0.365 e. The molecule has 1 atom stereocenters. The van der Waals surface area contributed by atoms with Crippen molar-refractivity contribution in [2.24, 2.45) is 18.7 Å². The lowest BCUT2D eigenvalue weighted by atomic mass is 9.88. The van der Waals surface area contributed by atoms with Crippen molar-refractivity contribution in [3.8, 4) is 22.4 Å². The second-order valence-corrected chi connectivity index (χ2v) is 10.2. The van der Waals surface area contributed by atoms with Crippen LogP contribution >= 0.6 is 11.3 Å². The number of hydrogen-bond acceptors (Lipinski definition) is 5. The number of carbonyl (C=O) groups is 2. The van der Waals surface area contributed by atoms with Gasteiger partial charge in [0.15, 0.2) is 0 Å². The Hall–Kier alpha value is -4.04. The monoisotopic (exact) mass is 498 g/mol. The summed E-state index contributed by atoms with van der Waals surface area (Å²) < 4.78 is 1.18. The van der Waals surface area contributed by atoms with E-state index in [1.165, 1.54) is 23.1 Å². The molecule has 1 aliphatic rings. The van der Waals surface area contributed by atoms with Crippen LogP contribution in [0.5, 0.6) is 0 Å².